The number of aryl methyl sites for hydroxylation is 2. The van der Waals surface area contributed by atoms with E-state index in [1.165, 1.54) is 10.4 Å². The summed E-state index contributed by atoms with van der Waals surface area (Å²) in [5, 5.41) is 1.15. The Bertz CT molecular complexity index is 1560. The third-order valence-corrected chi connectivity index (χ3v) is 8.31. The van der Waals surface area contributed by atoms with Crippen LogP contribution in [-0.2, 0) is 23.0 Å². The second kappa shape index (κ2) is 10.9. The Morgan fingerprint density at radius 1 is 1.00 bits per heavy atom. The Morgan fingerprint density at radius 2 is 1.81 bits per heavy atom. The third-order valence-electron chi connectivity index (χ3n) is 6.06. The highest BCUT2D eigenvalue weighted by Crippen LogP contribution is 2.25. The maximum atomic E-state index is 13.7. The van der Waals surface area contributed by atoms with Crippen molar-refractivity contribution in [2.75, 3.05) is 13.2 Å². The van der Waals surface area contributed by atoms with Crippen LogP contribution in [0.5, 0.6) is 5.75 Å². The molecule has 4 aromatic rings. The zero-order valence-electron chi connectivity index (χ0n) is 20.5. The van der Waals surface area contributed by atoms with E-state index in [1.54, 1.807) is 30.3 Å². The fraction of sp³-hybridized carbons (Fsp3) is 0.250. The molecule has 0 aliphatic rings. The smallest absolute Gasteiger partial charge is 0.252 e. The van der Waals surface area contributed by atoms with E-state index in [2.05, 4.69) is 4.98 Å². The highest BCUT2D eigenvalue weighted by molar-refractivity contribution is 7.89. The number of aromatic nitrogens is 1. The quantitative estimate of drug-likeness (QED) is 0.308. The average Bonchev–Trinajstić information content (AvgIpc) is 2.84. The number of hydrogen-bond acceptors (Lipinski definition) is 4. The molecule has 0 spiro atoms. The zero-order chi connectivity index (χ0) is 25.9. The van der Waals surface area contributed by atoms with Crippen molar-refractivity contribution in [3.05, 3.63) is 104 Å². The van der Waals surface area contributed by atoms with Gasteiger partial charge in [0.15, 0.2) is 0 Å². The van der Waals surface area contributed by atoms with Crippen molar-refractivity contribution in [1.82, 2.24) is 9.29 Å². The van der Waals surface area contributed by atoms with Crippen LogP contribution in [0.4, 0.5) is 0 Å². The molecule has 4 rings (SSSR count). The summed E-state index contributed by atoms with van der Waals surface area (Å²) in [5.74, 6) is 0.682. The van der Waals surface area contributed by atoms with Gasteiger partial charge in [-0.2, -0.15) is 4.31 Å². The van der Waals surface area contributed by atoms with Crippen molar-refractivity contribution in [2.24, 2.45) is 0 Å². The van der Waals surface area contributed by atoms with Crippen LogP contribution in [-0.4, -0.2) is 30.9 Å². The number of pyridine rings is 1. The van der Waals surface area contributed by atoms with Crippen molar-refractivity contribution >= 4 is 32.5 Å². The van der Waals surface area contributed by atoms with E-state index in [0.717, 1.165) is 22.1 Å². The molecule has 0 aliphatic heterocycles. The lowest BCUT2D eigenvalue weighted by atomic mass is 10.1. The SMILES string of the molecule is CCOc1ccc2[nH]c(=O)c(CN(CCc3cccc(C)c3)S(=O)(=O)c3ccc(C)c(Cl)c3)cc2c1. The molecule has 0 saturated heterocycles. The van der Waals surface area contributed by atoms with E-state index in [9.17, 15) is 13.2 Å². The average molecular weight is 525 g/mol. The van der Waals surface area contributed by atoms with Gasteiger partial charge >= 0.3 is 0 Å². The minimum Gasteiger partial charge on any atom is -0.494 e. The highest BCUT2D eigenvalue weighted by atomic mass is 35.5. The molecule has 0 bridgehead atoms. The fourth-order valence-corrected chi connectivity index (χ4v) is 5.77. The van der Waals surface area contributed by atoms with Crippen molar-refractivity contribution in [2.45, 2.75) is 38.6 Å². The largest absolute Gasteiger partial charge is 0.494 e. The number of aromatic amines is 1. The van der Waals surface area contributed by atoms with Gasteiger partial charge in [0.05, 0.1) is 11.5 Å². The highest BCUT2D eigenvalue weighted by Gasteiger charge is 2.26. The summed E-state index contributed by atoms with van der Waals surface area (Å²) < 4.78 is 34.4. The number of nitrogens with zero attached hydrogens (tertiary/aromatic N) is 1. The van der Waals surface area contributed by atoms with Crippen LogP contribution < -0.4 is 10.3 Å². The Morgan fingerprint density at radius 3 is 2.53 bits per heavy atom. The van der Waals surface area contributed by atoms with Crippen LogP contribution in [0.25, 0.3) is 10.9 Å². The minimum absolute atomic E-state index is 0.0796. The number of hydrogen-bond donors (Lipinski definition) is 1. The van der Waals surface area contributed by atoms with Gasteiger partial charge in [-0.3, -0.25) is 4.79 Å². The minimum atomic E-state index is -3.93. The molecule has 8 heteroatoms. The number of sulfonamides is 1. The zero-order valence-corrected chi connectivity index (χ0v) is 22.1. The number of rotatable bonds is 9. The molecular formula is C28H29ClN2O4S. The molecule has 0 radical (unpaired) electrons. The van der Waals surface area contributed by atoms with Gasteiger partial charge in [-0.25, -0.2) is 8.42 Å². The van der Waals surface area contributed by atoms with Gasteiger partial charge in [-0.15, -0.1) is 0 Å². The standard InChI is InChI=1S/C28H29ClN2O4S/c1-4-35-24-9-11-27-22(16-24)15-23(28(32)30-27)18-31(13-12-21-7-5-6-19(2)14-21)36(33,34)25-10-8-20(3)26(29)17-25/h5-11,14-17H,4,12-13,18H2,1-3H3,(H,30,32). The summed E-state index contributed by atoms with van der Waals surface area (Å²) in [7, 11) is -3.93. The van der Waals surface area contributed by atoms with E-state index < -0.39 is 10.0 Å². The van der Waals surface area contributed by atoms with Gasteiger partial charge in [-0.05, 0) is 74.7 Å². The van der Waals surface area contributed by atoms with Gasteiger partial charge in [0.25, 0.3) is 5.56 Å². The Balaban J connectivity index is 1.73. The molecule has 0 unspecified atom stereocenters. The normalized spacial score (nSPS) is 11.8. The van der Waals surface area contributed by atoms with Crippen molar-refractivity contribution < 1.29 is 13.2 Å². The van der Waals surface area contributed by atoms with Crippen LogP contribution in [0.1, 0.15) is 29.2 Å². The lowest BCUT2D eigenvalue weighted by Crippen LogP contribution is -2.34. The Hall–Kier alpha value is -3.13. The lowest BCUT2D eigenvalue weighted by molar-refractivity contribution is 0.340. The summed E-state index contributed by atoms with van der Waals surface area (Å²) in [4.78, 5) is 15.9. The van der Waals surface area contributed by atoms with Crippen LogP contribution >= 0.6 is 11.6 Å². The molecule has 6 nitrogen and oxygen atoms in total. The van der Waals surface area contributed by atoms with E-state index >= 15 is 0 Å². The van der Waals surface area contributed by atoms with Crippen LogP contribution in [0.2, 0.25) is 5.02 Å². The molecule has 1 N–H and O–H groups in total. The molecule has 1 heterocycles. The summed E-state index contributed by atoms with van der Waals surface area (Å²) in [5.41, 5.74) is 3.59. The van der Waals surface area contributed by atoms with Crippen LogP contribution in [0.3, 0.4) is 0 Å². The molecule has 188 valence electrons. The van der Waals surface area contributed by atoms with E-state index in [4.69, 9.17) is 16.3 Å². The lowest BCUT2D eigenvalue weighted by Gasteiger charge is -2.23. The first kappa shape index (κ1) is 25.9. The number of nitrogens with one attached hydrogen (secondary N) is 1. The second-order valence-corrected chi connectivity index (χ2v) is 11.1. The number of fused-ring (bicyclic) bond motifs is 1. The number of H-pyrrole nitrogens is 1. The molecule has 0 amide bonds. The van der Waals surface area contributed by atoms with Crippen LogP contribution in [0, 0.1) is 13.8 Å². The first-order valence-electron chi connectivity index (χ1n) is 11.8. The summed E-state index contributed by atoms with van der Waals surface area (Å²) in [6.45, 7) is 6.36. The number of halogens is 1. The molecule has 3 aromatic carbocycles. The predicted molar refractivity (Wildman–Crippen MR) is 144 cm³/mol. The predicted octanol–water partition coefficient (Wildman–Crippen LogP) is 5.63. The van der Waals surface area contributed by atoms with Gasteiger partial charge in [-0.1, -0.05) is 47.5 Å². The molecule has 0 fully saturated rings. The number of ether oxygens (including phenoxy) is 1. The molecule has 1 aromatic heterocycles. The molecule has 0 aliphatic carbocycles. The first-order chi connectivity index (χ1) is 17.2. The Kier molecular flexibility index (Phi) is 7.83. The summed E-state index contributed by atoms with van der Waals surface area (Å²) in [6.07, 6.45) is 0.500. The molecule has 36 heavy (non-hydrogen) atoms. The van der Waals surface area contributed by atoms with Crippen molar-refractivity contribution in [3.8, 4) is 5.75 Å². The topological polar surface area (TPSA) is 79.5 Å². The second-order valence-electron chi connectivity index (χ2n) is 8.79. The van der Waals surface area contributed by atoms with Gasteiger partial charge in [0.2, 0.25) is 10.0 Å². The molecule has 0 saturated carbocycles. The van der Waals surface area contributed by atoms with Crippen LogP contribution in [0.15, 0.2) is 76.4 Å². The Labute approximate surface area is 216 Å². The van der Waals surface area contributed by atoms with Gasteiger partial charge in [0, 0.05) is 34.6 Å². The molecular weight excluding hydrogens is 496 g/mol. The van der Waals surface area contributed by atoms with Crippen molar-refractivity contribution in [1.29, 1.82) is 0 Å². The van der Waals surface area contributed by atoms with E-state index in [-0.39, 0.29) is 23.5 Å². The number of benzene rings is 3. The third kappa shape index (κ3) is 5.81. The first-order valence-corrected chi connectivity index (χ1v) is 13.6. The molecule has 0 atom stereocenters. The maximum Gasteiger partial charge on any atom is 0.252 e. The summed E-state index contributed by atoms with van der Waals surface area (Å²) >= 11 is 6.26. The van der Waals surface area contributed by atoms with Crippen molar-refractivity contribution in [3.63, 3.8) is 0 Å². The van der Waals surface area contributed by atoms with Gasteiger partial charge < -0.3 is 9.72 Å². The van der Waals surface area contributed by atoms with E-state index in [1.807, 2.05) is 51.1 Å². The van der Waals surface area contributed by atoms with E-state index in [0.29, 0.717) is 34.9 Å². The maximum absolute atomic E-state index is 13.7. The monoisotopic (exact) mass is 524 g/mol. The van der Waals surface area contributed by atoms with Gasteiger partial charge in [0.1, 0.15) is 5.75 Å². The summed E-state index contributed by atoms with van der Waals surface area (Å²) in [6, 6.07) is 19.8. The fourth-order valence-electron chi connectivity index (χ4n) is 4.08.